The van der Waals surface area contributed by atoms with Crippen LogP contribution in [-0.4, -0.2) is 18.0 Å². The fourth-order valence-electron chi connectivity index (χ4n) is 1.31. The summed E-state index contributed by atoms with van der Waals surface area (Å²) in [5.74, 6) is -0.0222. The van der Waals surface area contributed by atoms with Gasteiger partial charge in [0.1, 0.15) is 6.04 Å². The van der Waals surface area contributed by atoms with E-state index in [2.05, 4.69) is 26.6 Å². The van der Waals surface area contributed by atoms with E-state index in [0.29, 0.717) is 5.02 Å². The van der Waals surface area contributed by atoms with E-state index >= 15 is 0 Å². The molecule has 1 rings (SSSR count). The minimum atomic E-state index is -0.287. The number of carbonyl (C=O) groups excluding carboxylic acids is 1. The van der Waals surface area contributed by atoms with E-state index in [1.54, 1.807) is 6.07 Å². The van der Waals surface area contributed by atoms with Gasteiger partial charge in [-0.3, -0.25) is 4.79 Å². The van der Waals surface area contributed by atoms with E-state index in [0.717, 1.165) is 10.2 Å². The van der Waals surface area contributed by atoms with Crippen LogP contribution in [0.4, 0.5) is 5.69 Å². The Kier molecular flexibility index (Phi) is 5.28. The van der Waals surface area contributed by atoms with Crippen molar-refractivity contribution < 1.29 is 4.79 Å². The lowest BCUT2D eigenvalue weighted by atomic mass is 10.2. The van der Waals surface area contributed by atoms with Crippen LogP contribution < -0.4 is 10.6 Å². The molecular weight excluding hydrogens is 304 g/mol. The van der Waals surface area contributed by atoms with Crippen LogP contribution in [0.15, 0.2) is 22.7 Å². The molecule has 1 amide bonds. The second-order valence-corrected chi connectivity index (χ2v) is 5.42. The van der Waals surface area contributed by atoms with Crippen LogP contribution >= 0.6 is 27.5 Å². The Morgan fingerprint density at radius 2 is 2.00 bits per heavy atom. The molecule has 0 bridgehead atoms. The van der Waals surface area contributed by atoms with E-state index in [4.69, 9.17) is 11.6 Å². The number of halogens is 2. The zero-order valence-electron chi connectivity index (χ0n) is 10.1. The quantitative estimate of drug-likeness (QED) is 0.893. The number of benzene rings is 1. The van der Waals surface area contributed by atoms with Gasteiger partial charge in [0.25, 0.3) is 0 Å². The number of hydrogen-bond donors (Lipinski definition) is 2. The third kappa shape index (κ3) is 4.56. The first-order chi connectivity index (χ1) is 7.90. The molecule has 0 spiro atoms. The molecule has 0 fully saturated rings. The maximum Gasteiger partial charge on any atom is 0.242 e. The second-order valence-electron chi connectivity index (χ2n) is 4.16. The Balaban J connectivity index is 2.64. The van der Waals surface area contributed by atoms with Crippen LogP contribution in [0.2, 0.25) is 5.02 Å². The predicted molar refractivity (Wildman–Crippen MR) is 75.5 cm³/mol. The Morgan fingerprint density at radius 3 is 2.53 bits per heavy atom. The number of hydrogen-bond acceptors (Lipinski definition) is 2. The monoisotopic (exact) mass is 318 g/mol. The minimum Gasteiger partial charge on any atom is -0.374 e. The van der Waals surface area contributed by atoms with E-state index in [1.807, 2.05) is 32.9 Å². The number of nitrogens with one attached hydrogen (secondary N) is 2. The normalized spacial score (nSPS) is 12.4. The Hall–Kier alpha value is -0.740. The van der Waals surface area contributed by atoms with Crippen LogP contribution in [-0.2, 0) is 4.79 Å². The molecule has 0 saturated heterocycles. The highest BCUT2D eigenvalue weighted by molar-refractivity contribution is 9.10. The summed E-state index contributed by atoms with van der Waals surface area (Å²) in [6.07, 6.45) is 0. The molecule has 0 aliphatic carbocycles. The summed E-state index contributed by atoms with van der Waals surface area (Å²) in [7, 11) is 0. The van der Waals surface area contributed by atoms with E-state index < -0.39 is 0 Å². The van der Waals surface area contributed by atoms with Crippen molar-refractivity contribution in [2.75, 3.05) is 5.32 Å². The van der Waals surface area contributed by atoms with Gasteiger partial charge in [-0.15, -0.1) is 0 Å². The van der Waals surface area contributed by atoms with Crippen LogP contribution in [0.5, 0.6) is 0 Å². The number of rotatable bonds is 4. The maximum absolute atomic E-state index is 11.7. The Labute approximate surface area is 115 Å². The average molecular weight is 320 g/mol. The van der Waals surface area contributed by atoms with E-state index in [9.17, 15) is 4.79 Å². The van der Waals surface area contributed by atoms with E-state index in [-0.39, 0.29) is 18.0 Å². The van der Waals surface area contributed by atoms with Gasteiger partial charge in [-0.1, -0.05) is 11.6 Å². The molecule has 0 aromatic heterocycles. The molecule has 1 atom stereocenters. The maximum atomic E-state index is 11.7. The standard InChI is InChI=1S/C12H16BrClN2O/c1-7(2)15-12(17)8(3)16-9-4-5-11(14)10(13)6-9/h4-8,16H,1-3H3,(H,15,17). The fraction of sp³-hybridized carbons (Fsp3) is 0.417. The fourth-order valence-corrected chi connectivity index (χ4v) is 1.81. The van der Waals surface area contributed by atoms with Crippen molar-refractivity contribution in [3.63, 3.8) is 0 Å². The average Bonchev–Trinajstić information content (AvgIpc) is 2.22. The van der Waals surface area contributed by atoms with Crippen LogP contribution in [0.1, 0.15) is 20.8 Å². The van der Waals surface area contributed by atoms with Crippen LogP contribution in [0.25, 0.3) is 0 Å². The predicted octanol–water partition coefficient (Wildman–Crippen LogP) is 3.43. The first kappa shape index (κ1) is 14.3. The van der Waals surface area contributed by atoms with Crippen molar-refractivity contribution in [1.82, 2.24) is 5.32 Å². The summed E-state index contributed by atoms with van der Waals surface area (Å²) in [6, 6.07) is 5.32. The van der Waals surface area contributed by atoms with Gasteiger partial charge in [0.05, 0.1) is 5.02 Å². The molecule has 2 N–H and O–H groups in total. The lowest BCUT2D eigenvalue weighted by Crippen LogP contribution is -2.40. The molecule has 1 aromatic rings. The zero-order valence-corrected chi connectivity index (χ0v) is 12.4. The molecule has 0 aliphatic rings. The molecular formula is C12H16BrClN2O. The SMILES string of the molecule is CC(C)NC(=O)C(C)Nc1ccc(Cl)c(Br)c1. The molecule has 0 aliphatic heterocycles. The summed E-state index contributed by atoms with van der Waals surface area (Å²) in [5, 5.41) is 6.61. The lowest BCUT2D eigenvalue weighted by Gasteiger charge is -2.17. The van der Waals surface area contributed by atoms with Gasteiger partial charge < -0.3 is 10.6 Å². The van der Waals surface area contributed by atoms with Crippen LogP contribution in [0, 0.1) is 0 Å². The second kappa shape index (κ2) is 6.26. The van der Waals surface area contributed by atoms with Crippen LogP contribution in [0.3, 0.4) is 0 Å². The van der Waals surface area contributed by atoms with Gasteiger partial charge >= 0.3 is 0 Å². The molecule has 1 aromatic carbocycles. The van der Waals surface area contributed by atoms with Gasteiger partial charge in [0.2, 0.25) is 5.91 Å². The molecule has 5 heteroatoms. The van der Waals surface area contributed by atoms with Gasteiger partial charge in [0.15, 0.2) is 0 Å². The molecule has 3 nitrogen and oxygen atoms in total. The van der Waals surface area contributed by atoms with Crippen molar-refractivity contribution in [3.8, 4) is 0 Å². The summed E-state index contributed by atoms with van der Waals surface area (Å²) in [4.78, 5) is 11.7. The minimum absolute atomic E-state index is 0.0222. The van der Waals surface area contributed by atoms with E-state index in [1.165, 1.54) is 0 Å². The molecule has 1 unspecified atom stereocenters. The third-order valence-corrected chi connectivity index (χ3v) is 3.34. The van der Waals surface area contributed by atoms with Gasteiger partial charge in [0, 0.05) is 16.2 Å². The van der Waals surface area contributed by atoms with Gasteiger partial charge in [-0.05, 0) is 54.9 Å². The number of carbonyl (C=O) groups is 1. The Morgan fingerprint density at radius 1 is 1.35 bits per heavy atom. The highest BCUT2D eigenvalue weighted by atomic mass is 79.9. The highest BCUT2D eigenvalue weighted by Gasteiger charge is 2.13. The molecule has 0 radical (unpaired) electrons. The molecule has 17 heavy (non-hydrogen) atoms. The molecule has 0 heterocycles. The first-order valence-corrected chi connectivity index (χ1v) is 6.59. The van der Waals surface area contributed by atoms with Crippen molar-refractivity contribution in [1.29, 1.82) is 0 Å². The molecule has 94 valence electrons. The smallest absolute Gasteiger partial charge is 0.242 e. The topological polar surface area (TPSA) is 41.1 Å². The summed E-state index contributed by atoms with van der Waals surface area (Å²) in [6.45, 7) is 5.69. The third-order valence-electron chi connectivity index (χ3n) is 2.13. The summed E-state index contributed by atoms with van der Waals surface area (Å²) < 4.78 is 0.806. The zero-order chi connectivity index (χ0) is 13.0. The molecule has 0 saturated carbocycles. The Bertz CT molecular complexity index is 409. The lowest BCUT2D eigenvalue weighted by molar-refractivity contribution is -0.122. The number of anilines is 1. The summed E-state index contributed by atoms with van der Waals surface area (Å²) >= 11 is 9.24. The van der Waals surface area contributed by atoms with Crippen molar-refractivity contribution in [3.05, 3.63) is 27.7 Å². The van der Waals surface area contributed by atoms with Gasteiger partial charge in [-0.2, -0.15) is 0 Å². The van der Waals surface area contributed by atoms with Gasteiger partial charge in [-0.25, -0.2) is 0 Å². The number of amides is 1. The summed E-state index contributed by atoms with van der Waals surface area (Å²) in [5.41, 5.74) is 0.854. The van der Waals surface area contributed by atoms with Crippen molar-refractivity contribution in [2.24, 2.45) is 0 Å². The van der Waals surface area contributed by atoms with Crippen molar-refractivity contribution in [2.45, 2.75) is 32.9 Å². The first-order valence-electron chi connectivity index (χ1n) is 5.42. The van der Waals surface area contributed by atoms with Crippen molar-refractivity contribution >= 4 is 39.1 Å². The highest BCUT2D eigenvalue weighted by Crippen LogP contribution is 2.25. The largest absolute Gasteiger partial charge is 0.374 e.